The number of sulfonamides is 1. The second-order valence-corrected chi connectivity index (χ2v) is 9.54. The summed E-state index contributed by atoms with van der Waals surface area (Å²) >= 11 is 12.1. The van der Waals surface area contributed by atoms with Crippen LogP contribution in [0.25, 0.3) is 0 Å². The van der Waals surface area contributed by atoms with Crippen LogP contribution in [-0.2, 0) is 21.2 Å². The maximum Gasteiger partial charge on any atom is 0.263 e. The van der Waals surface area contributed by atoms with Crippen LogP contribution in [0.5, 0.6) is 0 Å². The lowest BCUT2D eigenvalue weighted by Crippen LogP contribution is -2.39. The Morgan fingerprint density at radius 1 is 1.17 bits per heavy atom. The SMILES string of the molecule is CC(C)[C@@H](N=C1NS(=O)(=O)c2ccccc21)C(=O)NCCc1ccc(Cl)cc1Cl. The molecule has 3 rings (SSSR count). The van der Waals surface area contributed by atoms with Crippen LogP contribution in [0.3, 0.4) is 0 Å². The molecule has 0 saturated carbocycles. The van der Waals surface area contributed by atoms with Gasteiger partial charge in [0.2, 0.25) is 5.91 Å². The number of nitrogens with one attached hydrogen (secondary N) is 2. The van der Waals surface area contributed by atoms with Gasteiger partial charge < -0.3 is 5.32 Å². The molecule has 1 aliphatic rings. The van der Waals surface area contributed by atoms with Gasteiger partial charge >= 0.3 is 0 Å². The Hall–Kier alpha value is -2.09. The Morgan fingerprint density at radius 3 is 2.59 bits per heavy atom. The van der Waals surface area contributed by atoms with E-state index in [0.29, 0.717) is 28.6 Å². The third kappa shape index (κ3) is 4.91. The Labute approximate surface area is 180 Å². The van der Waals surface area contributed by atoms with Crippen molar-refractivity contribution in [1.82, 2.24) is 10.0 Å². The van der Waals surface area contributed by atoms with Crippen molar-refractivity contribution < 1.29 is 13.2 Å². The molecule has 9 heteroatoms. The molecule has 29 heavy (non-hydrogen) atoms. The summed E-state index contributed by atoms with van der Waals surface area (Å²) in [6.45, 7) is 4.09. The molecular weight excluding hydrogens is 433 g/mol. The number of hydrogen-bond donors (Lipinski definition) is 2. The number of benzene rings is 2. The minimum absolute atomic E-state index is 0.126. The van der Waals surface area contributed by atoms with E-state index in [1.54, 1.807) is 30.3 Å². The van der Waals surface area contributed by atoms with Crippen molar-refractivity contribution in [2.24, 2.45) is 10.9 Å². The van der Waals surface area contributed by atoms with Gasteiger partial charge in [0.05, 0.1) is 4.90 Å². The second kappa shape index (κ2) is 8.73. The molecule has 1 amide bonds. The van der Waals surface area contributed by atoms with Crippen LogP contribution < -0.4 is 10.0 Å². The number of rotatable bonds is 6. The fourth-order valence-electron chi connectivity index (χ4n) is 3.03. The lowest BCUT2D eigenvalue weighted by atomic mass is 10.0. The molecule has 0 fully saturated rings. The van der Waals surface area contributed by atoms with Crippen molar-refractivity contribution >= 4 is 45.0 Å². The smallest absolute Gasteiger partial charge is 0.263 e. The van der Waals surface area contributed by atoms with E-state index in [1.807, 2.05) is 19.9 Å². The van der Waals surface area contributed by atoms with Crippen LogP contribution in [0.4, 0.5) is 0 Å². The number of amides is 1. The zero-order chi connectivity index (χ0) is 21.2. The fourth-order valence-corrected chi connectivity index (χ4v) is 4.77. The Balaban J connectivity index is 1.73. The van der Waals surface area contributed by atoms with Crippen LogP contribution >= 0.6 is 23.2 Å². The topological polar surface area (TPSA) is 87.6 Å². The first-order valence-electron chi connectivity index (χ1n) is 9.10. The minimum atomic E-state index is -3.65. The van der Waals surface area contributed by atoms with Crippen molar-refractivity contribution in [3.8, 4) is 0 Å². The molecule has 1 atom stereocenters. The van der Waals surface area contributed by atoms with E-state index in [9.17, 15) is 13.2 Å². The summed E-state index contributed by atoms with van der Waals surface area (Å²) in [6.07, 6.45) is 0.540. The lowest BCUT2D eigenvalue weighted by Gasteiger charge is -2.17. The third-order valence-corrected chi connectivity index (χ3v) is 6.52. The number of halogens is 2. The average Bonchev–Trinajstić information content (AvgIpc) is 2.92. The van der Waals surface area contributed by atoms with Crippen LogP contribution in [-0.4, -0.2) is 32.7 Å². The molecule has 0 aromatic heterocycles. The van der Waals surface area contributed by atoms with Crippen LogP contribution in [0.15, 0.2) is 52.4 Å². The van der Waals surface area contributed by atoms with E-state index < -0.39 is 16.1 Å². The summed E-state index contributed by atoms with van der Waals surface area (Å²) in [6, 6.07) is 11.1. The number of hydrogen-bond acceptors (Lipinski definition) is 4. The zero-order valence-corrected chi connectivity index (χ0v) is 18.3. The summed E-state index contributed by atoms with van der Waals surface area (Å²) in [7, 11) is -3.65. The van der Waals surface area contributed by atoms with E-state index in [-0.39, 0.29) is 22.6 Å². The summed E-state index contributed by atoms with van der Waals surface area (Å²) < 4.78 is 27.0. The normalized spacial score (nSPS) is 17.1. The standard InChI is InChI=1S/C20H21Cl2N3O3S/c1-12(2)18(20(26)23-10-9-13-7-8-14(21)11-16(13)22)24-19-15-5-3-4-6-17(15)29(27,28)25-19/h3-8,11-12,18H,9-10H2,1-2H3,(H,23,26)(H,24,25)/t18-/m1/s1. The van der Waals surface area contributed by atoms with Gasteiger partial charge in [0, 0.05) is 22.2 Å². The molecule has 2 N–H and O–H groups in total. The van der Waals surface area contributed by atoms with Gasteiger partial charge in [-0.25, -0.2) is 8.42 Å². The van der Waals surface area contributed by atoms with E-state index >= 15 is 0 Å². The molecule has 2 aromatic rings. The largest absolute Gasteiger partial charge is 0.354 e. The van der Waals surface area contributed by atoms with E-state index in [1.165, 1.54) is 6.07 Å². The highest BCUT2D eigenvalue weighted by atomic mass is 35.5. The number of fused-ring (bicyclic) bond motifs is 1. The first-order chi connectivity index (χ1) is 13.7. The van der Waals surface area contributed by atoms with Gasteiger partial charge in [0.25, 0.3) is 10.0 Å². The predicted octanol–water partition coefficient (Wildman–Crippen LogP) is 3.42. The van der Waals surface area contributed by atoms with Crippen molar-refractivity contribution in [2.75, 3.05) is 6.54 Å². The summed E-state index contributed by atoms with van der Waals surface area (Å²) in [5.74, 6) is -0.213. The van der Waals surface area contributed by atoms with Crippen molar-refractivity contribution in [2.45, 2.75) is 31.2 Å². The van der Waals surface area contributed by atoms with Gasteiger partial charge in [-0.1, -0.05) is 55.2 Å². The number of aliphatic imine (C=N–C) groups is 1. The number of carbonyl (C=O) groups is 1. The second-order valence-electron chi connectivity index (χ2n) is 7.04. The Bertz CT molecular complexity index is 1070. The number of carbonyl (C=O) groups excluding carboxylic acids is 1. The van der Waals surface area contributed by atoms with Crippen molar-refractivity contribution in [3.05, 3.63) is 63.6 Å². The maximum atomic E-state index is 12.7. The van der Waals surface area contributed by atoms with Gasteiger partial charge in [-0.05, 0) is 42.2 Å². The number of nitrogens with zero attached hydrogens (tertiary/aromatic N) is 1. The molecule has 0 radical (unpaired) electrons. The predicted molar refractivity (Wildman–Crippen MR) is 115 cm³/mol. The molecular formula is C20H21Cl2N3O3S. The van der Waals surface area contributed by atoms with Crippen LogP contribution in [0, 0.1) is 5.92 Å². The van der Waals surface area contributed by atoms with Gasteiger partial charge in [-0.3, -0.25) is 14.5 Å². The monoisotopic (exact) mass is 453 g/mol. The van der Waals surface area contributed by atoms with Crippen molar-refractivity contribution in [1.29, 1.82) is 0 Å². The van der Waals surface area contributed by atoms with Crippen LogP contribution in [0.1, 0.15) is 25.0 Å². The van der Waals surface area contributed by atoms with Gasteiger partial charge in [0.15, 0.2) is 0 Å². The Morgan fingerprint density at radius 2 is 1.90 bits per heavy atom. The van der Waals surface area contributed by atoms with Crippen molar-refractivity contribution in [3.63, 3.8) is 0 Å². The van der Waals surface area contributed by atoms with E-state index in [0.717, 1.165) is 5.56 Å². The summed E-state index contributed by atoms with van der Waals surface area (Å²) in [5, 5.41) is 3.96. The fraction of sp³-hybridized carbons (Fsp3) is 0.300. The maximum absolute atomic E-state index is 12.7. The first kappa shape index (κ1) is 21.6. The molecule has 0 bridgehead atoms. The molecule has 2 aromatic carbocycles. The average molecular weight is 454 g/mol. The molecule has 0 spiro atoms. The third-order valence-electron chi connectivity index (χ3n) is 4.54. The first-order valence-corrected chi connectivity index (χ1v) is 11.3. The quantitative estimate of drug-likeness (QED) is 0.701. The van der Waals surface area contributed by atoms with Gasteiger partial charge in [-0.15, -0.1) is 0 Å². The molecule has 0 aliphatic carbocycles. The summed E-state index contributed by atoms with van der Waals surface area (Å²) in [4.78, 5) is 17.3. The zero-order valence-electron chi connectivity index (χ0n) is 15.9. The Kier molecular flexibility index (Phi) is 6.51. The molecule has 154 valence electrons. The van der Waals surface area contributed by atoms with E-state index in [4.69, 9.17) is 23.2 Å². The molecule has 0 saturated heterocycles. The highest BCUT2D eigenvalue weighted by molar-refractivity contribution is 7.90. The molecule has 1 heterocycles. The molecule has 1 aliphatic heterocycles. The van der Waals surface area contributed by atoms with Crippen LogP contribution in [0.2, 0.25) is 10.0 Å². The number of amidine groups is 1. The highest BCUT2D eigenvalue weighted by Crippen LogP contribution is 2.24. The molecule has 0 unspecified atom stereocenters. The van der Waals surface area contributed by atoms with E-state index in [2.05, 4.69) is 15.0 Å². The highest BCUT2D eigenvalue weighted by Gasteiger charge is 2.32. The summed E-state index contributed by atoms with van der Waals surface area (Å²) in [5.41, 5.74) is 1.35. The minimum Gasteiger partial charge on any atom is -0.354 e. The van der Waals surface area contributed by atoms with Gasteiger partial charge in [-0.2, -0.15) is 0 Å². The van der Waals surface area contributed by atoms with Gasteiger partial charge in [0.1, 0.15) is 11.9 Å². The lowest BCUT2D eigenvalue weighted by molar-refractivity contribution is -0.123. The molecule has 6 nitrogen and oxygen atoms in total.